The summed E-state index contributed by atoms with van der Waals surface area (Å²) < 4.78 is 1.68. The Bertz CT molecular complexity index is 306. The van der Waals surface area contributed by atoms with Gasteiger partial charge in [-0.3, -0.25) is 0 Å². The summed E-state index contributed by atoms with van der Waals surface area (Å²) in [5.74, 6) is -0.0615. The molecule has 0 saturated heterocycles. The summed E-state index contributed by atoms with van der Waals surface area (Å²) in [5, 5.41) is 14.2. The van der Waals surface area contributed by atoms with E-state index >= 15 is 0 Å². The molecule has 13 heavy (non-hydrogen) atoms. The molecule has 0 aliphatic heterocycles. The molecule has 0 fully saturated rings. The molecule has 0 aliphatic carbocycles. The van der Waals surface area contributed by atoms with E-state index in [9.17, 15) is 10.1 Å². The minimum Gasteiger partial charge on any atom is -0.358 e. The molecule has 0 bridgehead atoms. The van der Waals surface area contributed by atoms with Gasteiger partial charge in [0, 0.05) is 0 Å². The number of aryl methyl sites for hydroxylation is 2. The second kappa shape index (κ2) is 4.02. The number of unbranched alkanes of at least 4 members (excludes halogenated alkanes) is 1. The maximum atomic E-state index is 10.4. The van der Waals surface area contributed by atoms with E-state index in [-0.39, 0.29) is 5.82 Å². The Balaban J connectivity index is 2.77. The third-order valence-electron chi connectivity index (χ3n) is 1.88. The molecule has 0 aromatic carbocycles. The zero-order chi connectivity index (χ0) is 9.84. The van der Waals surface area contributed by atoms with Gasteiger partial charge in [-0.1, -0.05) is 13.3 Å². The Morgan fingerprint density at radius 1 is 1.69 bits per heavy atom. The quantitative estimate of drug-likeness (QED) is 0.529. The maximum absolute atomic E-state index is 10.4. The molecule has 0 unspecified atom stereocenters. The van der Waals surface area contributed by atoms with Crippen molar-refractivity contribution in [1.82, 2.24) is 9.78 Å². The van der Waals surface area contributed by atoms with Gasteiger partial charge in [-0.15, -0.1) is 0 Å². The zero-order valence-corrected chi connectivity index (χ0v) is 7.86. The minimum atomic E-state index is -0.463. The van der Waals surface area contributed by atoms with Crippen LogP contribution in [0.25, 0.3) is 0 Å². The number of hydrogen-bond donors (Lipinski definition) is 0. The molecule has 1 aromatic heterocycles. The first-order valence-corrected chi connectivity index (χ1v) is 4.34. The maximum Gasteiger partial charge on any atom is 0.390 e. The Labute approximate surface area is 76.5 Å². The molecule has 0 saturated carbocycles. The molecule has 1 aromatic rings. The van der Waals surface area contributed by atoms with E-state index in [2.05, 4.69) is 12.0 Å². The van der Waals surface area contributed by atoms with Gasteiger partial charge in [0.15, 0.2) is 0 Å². The van der Waals surface area contributed by atoms with Crippen LogP contribution in [0.15, 0.2) is 6.07 Å². The standard InChI is InChI=1S/C8H13N3O2/c1-3-4-5-10-7(2)6-8(9-10)11(12)13/h6H,3-5H2,1-2H3. The average molecular weight is 183 g/mol. The van der Waals surface area contributed by atoms with E-state index in [0.29, 0.717) is 0 Å². The van der Waals surface area contributed by atoms with Crippen molar-refractivity contribution in [3.8, 4) is 0 Å². The minimum absolute atomic E-state index is 0.0615. The predicted octanol–water partition coefficient (Wildman–Crippen LogP) is 1.90. The molecule has 0 spiro atoms. The molecule has 0 amide bonds. The molecular formula is C8H13N3O2. The summed E-state index contributed by atoms with van der Waals surface area (Å²) >= 11 is 0. The van der Waals surface area contributed by atoms with E-state index in [1.807, 2.05) is 6.92 Å². The predicted molar refractivity (Wildman–Crippen MR) is 48.5 cm³/mol. The van der Waals surface area contributed by atoms with Crippen LogP contribution in [0, 0.1) is 17.0 Å². The van der Waals surface area contributed by atoms with Crippen LogP contribution < -0.4 is 0 Å². The number of nitrogens with zero attached hydrogens (tertiary/aromatic N) is 3. The van der Waals surface area contributed by atoms with E-state index < -0.39 is 4.92 Å². The Morgan fingerprint density at radius 2 is 2.38 bits per heavy atom. The van der Waals surface area contributed by atoms with E-state index in [1.165, 1.54) is 6.07 Å². The number of nitro groups is 1. The second-order valence-corrected chi connectivity index (χ2v) is 2.98. The van der Waals surface area contributed by atoms with Gasteiger partial charge < -0.3 is 10.1 Å². The summed E-state index contributed by atoms with van der Waals surface area (Å²) in [6, 6.07) is 1.50. The van der Waals surface area contributed by atoms with Crippen LogP contribution in [-0.2, 0) is 6.54 Å². The normalized spacial score (nSPS) is 10.3. The van der Waals surface area contributed by atoms with Crippen LogP contribution in [-0.4, -0.2) is 14.7 Å². The highest BCUT2D eigenvalue weighted by Crippen LogP contribution is 2.11. The fourth-order valence-corrected chi connectivity index (χ4v) is 1.12. The topological polar surface area (TPSA) is 61.0 Å². The summed E-state index contributed by atoms with van der Waals surface area (Å²) in [7, 11) is 0. The molecule has 5 nitrogen and oxygen atoms in total. The van der Waals surface area contributed by atoms with Crippen molar-refractivity contribution in [3.05, 3.63) is 21.9 Å². The van der Waals surface area contributed by atoms with Crippen molar-refractivity contribution in [3.63, 3.8) is 0 Å². The summed E-state index contributed by atoms with van der Waals surface area (Å²) in [6.07, 6.45) is 2.06. The smallest absolute Gasteiger partial charge is 0.358 e. The third kappa shape index (κ3) is 2.27. The van der Waals surface area contributed by atoms with E-state index in [4.69, 9.17) is 0 Å². The molecule has 1 rings (SSSR count). The van der Waals surface area contributed by atoms with Crippen molar-refractivity contribution in [1.29, 1.82) is 0 Å². The van der Waals surface area contributed by atoms with Gasteiger partial charge in [-0.05, 0) is 18.3 Å². The molecule has 1 heterocycles. The van der Waals surface area contributed by atoms with Crippen LogP contribution in [0.2, 0.25) is 0 Å². The van der Waals surface area contributed by atoms with Gasteiger partial charge in [0.1, 0.15) is 0 Å². The molecule has 0 radical (unpaired) electrons. The van der Waals surface area contributed by atoms with E-state index in [0.717, 1.165) is 25.1 Å². The van der Waals surface area contributed by atoms with Gasteiger partial charge in [0.25, 0.3) is 0 Å². The zero-order valence-electron chi connectivity index (χ0n) is 7.86. The largest absolute Gasteiger partial charge is 0.390 e. The fourth-order valence-electron chi connectivity index (χ4n) is 1.12. The summed E-state index contributed by atoms with van der Waals surface area (Å²) in [5.41, 5.74) is 0.847. The van der Waals surface area contributed by atoms with Crippen molar-refractivity contribution >= 4 is 5.82 Å². The van der Waals surface area contributed by atoms with Crippen LogP contribution in [0.1, 0.15) is 25.5 Å². The average Bonchev–Trinajstić information content (AvgIpc) is 2.44. The van der Waals surface area contributed by atoms with E-state index in [1.54, 1.807) is 4.68 Å². The number of aromatic nitrogens is 2. The summed E-state index contributed by atoms with van der Waals surface area (Å²) in [6.45, 7) is 4.67. The molecule has 0 N–H and O–H groups in total. The highest BCUT2D eigenvalue weighted by atomic mass is 16.6. The van der Waals surface area contributed by atoms with Crippen molar-refractivity contribution < 1.29 is 4.92 Å². The molecule has 5 heteroatoms. The third-order valence-corrected chi connectivity index (χ3v) is 1.88. The van der Waals surface area contributed by atoms with Gasteiger partial charge >= 0.3 is 5.82 Å². The molecule has 72 valence electrons. The molecule has 0 aliphatic rings. The van der Waals surface area contributed by atoms with Crippen LogP contribution in [0.3, 0.4) is 0 Å². The Kier molecular flexibility index (Phi) is 3.00. The van der Waals surface area contributed by atoms with Gasteiger partial charge in [-0.25, -0.2) is 0 Å². The second-order valence-electron chi connectivity index (χ2n) is 2.98. The first-order chi connectivity index (χ1) is 6.15. The van der Waals surface area contributed by atoms with Gasteiger partial charge in [-0.2, -0.15) is 4.68 Å². The van der Waals surface area contributed by atoms with Crippen molar-refractivity contribution in [2.24, 2.45) is 0 Å². The Hall–Kier alpha value is -1.39. The van der Waals surface area contributed by atoms with Crippen LogP contribution >= 0.6 is 0 Å². The molecule has 0 atom stereocenters. The lowest BCUT2D eigenvalue weighted by Gasteiger charge is -1.95. The van der Waals surface area contributed by atoms with Gasteiger partial charge in [0.05, 0.1) is 23.4 Å². The van der Waals surface area contributed by atoms with Crippen molar-refractivity contribution in [2.45, 2.75) is 33.2 Å². The lowest BCUT2D eigenvalue weighted by atomic mass is 10.3. The monoisotopic (exact) mass is 183 g/mol. The highest BCUT2D eigenvalue weighted by Gasteiger charge is 2.14. The SMILES string of the molecule is CCCCn1nc([N+](=O)[O-])cc1C. The van der Waals surface area contributed by atoms with Crippen LogP contribution in [0.5, 0.6) is 0 Å². The number of rotatable bonds is 4. The lowest BCUT2D eigenvalue weighted by molar-refractivity contribution is -0.389. The highest BCUT2D eigenvalue weighted by molar-refractivity contribution is 5.20. The van der Waals surface area contributed by atoms with Crippen molar-refractivity contribution in [2.75, 3.05) is 0 Å². The molecular weight excluding hydrogens is 170 g/mol. The van der Waals surface area contributed by atoms with Gasteiger partial charge in [0.2, 0.25) is 0 Å². The Morgan fingerprint density at radius 3 is 2.85 bits per heavy atom. The first-order valence-electron chi connectivity index (χ1n) is 4.34. The fraction of sp³-hybridized carbons (Fsp3) is 0.625. The first kappa shape index (κ1) is 9.70. The lowest BCUT2D eigenvalue weighted by Crippen LogP contribution is -2.02. The summed E-state index contributed by atoms with van der Waals surface area (Å²) in [4.78, 5) is 9.91. The van der Waals surface area contributed by atoms with Crippen LogP contribution in [0.4, 0.5) is 5.82 Å². The number of hydrogen-bond acceptors (Lipinski definition) is 3.